The summed E-state index contributed by atoms with van der Waals surface area (Å²) in [5.74, 6) is -0.862. The fourth-order valence-corrected chi connectivity index (χ4v) is 3.37. The van der Waals surface area contributed by atoms with E-state index in [-0.39, 0.29) is 0 Å². The molecule has 140 valence electrons. The Kier molecular flexibility index (Phi) is 6.45. The smallest absolute Gasteiger partial charge is 0.160 e. The molecule has 2 aromatic rings. The average molecular weight is 360 g/mol. The third kappa shape index (κ3) is 4.94. The third-order valence-electron chi connectivity index (χ3n) is 4.91. The van der Waals surface area contributed by atoms with Crippen molar-refractivity contribution < 1.29 is 13.5 Å². The summed E-state index contributed by atoms with van der Waals surface area (Å²) in [5.41, 5.74) is 1.54. The van der Waals surface area contributed by atoms with Gasteiger partial charge in [-0.05, 0) is 50.9 Å². The van der Waals surface area contributed by atoms with Crippen LogP contribution in [0.15, 0.2) is 42.5 Å². The lowest BCUT2D eigenvalue weighted by atomic mass is 10.2. The Hall–Kier alpha value is -2.14. The third-order valence-corrected chi connectivity index (χ3v) is 4.91. The summed E-state index contributed by atoms with van der Waals surface area (Å²) in [4.78, 5) is 2.51. The summed E-state index contributed by atoms with van der Waals surface area (Å²) in [7, 11) is 0. The first-order valence-electron chi connectivity index (χ1n) is 9.27. The highest BCUT2D eigenvalue weighted by Crippen LogP contribution is 2.21. The molecule has 1 fully saturated rings. The molecule has 26 heavy (non-hydrogen) atoms. The number of nitrogens with zero attached hydrogens (tertiary/aromatic N) is 1. The van der Waals surface area contributed by atoms with Crippen LogP contribution in [0.3, 0.4) is 0 Å². The summed E-state index contributed by atoms with van der Waals surface area (Å²) in [6, 6.07) is 12.3. The number of likely N-dealkylation sites (tertiary alicyclic amines) is 1. The van der Waals surface area contributed by atoms with Crippen molar-refractivity contribution in [2.24, 2.45) is 0 Å². The lowest BCUT2D eigenvalue weighted by molar-refractivity contribution is 0.229. The Morgan fingerprint density at radius 2 is 2.00 bits per heavy atom. The molecular weight excluding hydrogens is 334 g/mol. The number of benzene rings is 2. The van der Waals surface area contributed by atoms with Gasteiger partial charge in [0, 0.05) is 36.4 Å². The van der Waals surface area contributed by atoms with Gasteiger partial charge in [-0.2, -0.15) is 0 Å². The number of hydrogen-bond acceptors (Lipinski definition) is 3. The number of anilines is 1. The van der Waals surface area contributed by atoms with E-state index < -0.39 is 11.6 Å². The van der Waals surface area contributed by atoms with Crippen molar-refractivity contribution in [2.45, 2.75) is 38.8 Å². The molecular formula is C21H26F2N2O. The van der Waals surface area contributed by atoms with Gasteiger partial charge in [-0.1, -0.05) is 18.2 Å². The fourth-order valence-electron chi connectivity index (χ4n) is 3.37. The van der Waals surface area contributed by atoms with E-state index in [1.807, 2.05) is 24.3 Å². The molecule has 3 nitrogen and oxygen atoms in total. The van der Waals surface area contributed by atoms with Crippen LogP contribution >= 0.6 is 0 Å². The van der Waals surface area contributed by atoms with Gasteiger partial charge in [0.1, 0.15) is 5.75 Å². The molecule has 2 aromatic carbocycles. The van der Waals surface area contributed by atoms with Crippen LogP contribution in [0.1, 0.15) is 31.7 Å². The zero-order chi connectivity index (χ0) is 18.4. The maximum Gasteiger partial charge on any atom is 0.160 e. The minimum atomic E-state index is -0.851. The van der Waals surface area contributed by atoms with E-state index in [9.17, 15) is 8.78 Å². The van der Waals surface area contributed by atoms with Gasteiger partial charge in [-0.3, -0.25) is 0 Å². The molecule has 1 aliphatic rings. The molecule has 0 aliphatic carbocycles. The summed E-state index contributed by atoms with van der Waals surface area (Å²) in [5, 5.41) is 3.12. The second kappa shape index (κ2) is 8.99. The Balaban J connectivity index is 1.50. The van der Waals surface area contributed by atoms with E-state index in [0.717, 1.165) is 36.4 Å². The van der Waals surface area contributed by atoms with Crippen molar-refractivity contribution >= 4 is 5.69 Å². The molecule has 0 bridgehead atoms. The lowest BCUT2D eigenvalue weighted by Gasteiger charge is -2.21. The molecule has 0 amide bonds. The van der Waals surface area contributed by atoms with Gasteiger partial charge in [-0.25, -0.2) is 8.78 Å². The second-order valence-electron chi connectivity index (χ2n) is 6.82. The predicted molar refractivity (Wildman–Crippen MR) is 101 cm³/mol. The van der Waals surface area contributed by atoms with Gasteiger partial charge in [0.15, 0.2) is 11.6 Å². The number of rotatable bonds is 8. The summed E-state index contributed by atoms with van der Waals surface area (Å²) in [6.45, 7) is 5.70. The van der Waals surface area contributed by atoms with Gasteiger partial charge in [0.25, 0.3) is 0 Å². The van der Waals surface area contributed by atoms with Crippen LogP contribution in [0.5, 0.6) is 5.75 Å². The summed E-state index contributed by atoms with van der Waals surface area (Å²) in [6.07, 6.45) is 3.58. The van der Waals surface area contributed by atoms with Crippen molar-refractivity contribution in [3.63, 3.8) is 0 Å². The van der Waals surface area contributed by atoms with Crippen LogP contribution in [0.2, 0.25) is 0 Å². The van der Waals surface area contributed by atoms with Gasteiger partial charge in [-0.15, -0.1) is 0 Å². The zero-order valence-corrected chi connectivity index (χ0v) is 15.2. The minimum absolute atomic E-state index is 0.490. The summed E-state index contributed by atoms with van der Waals surface area (Å²) < 4.78 is 32.3. The van der Waals surface area contributed by atoms with Crippen molar-refractivity contribution in [3.05, 3.63) is 59.7 Å². The Morgan fingerprint density at radius 1 is 1.15 bits per heavy atom. The zero-order valence-electron chi connectivity index (χ0n) is 15.2. The van der Waals surface area contributed by atoms with Crippen molar-refractivity contribution in [1.82, 2.24) is 4.90 Å². The predicted octanol–water partition coefficient (Wildman–Crippen LogP) is 4.83. The van der Waals surface area contributed by atoms with Crippen LogP contribution in [-0.4, -0.2) is 30.6 Å². The molecule has 1 heterocycles. The van der Waals surface area contributed by atoms with Gasteiger partial charge >= 0.3 is 0 Å². The number of para-hydroxylation sites is 1. The van der Waals surface area contributed by atoms with Crippen LogP contribution in [0.4, 0.5) is 14.5 Å². The number of hydrogen-bond donors (Lipinski definition) is 1. The number of halogens is 2. The molecule has 0 saturated carbocycles. The quantitative estimate of drug-likeness (QED) is 0.683. The normalized spacial score (nSPS) is 17.4. The van der Waals surface area contributed by atoms with Crippen molar-refractivity contribution in [3.8, 4) is 5.75 Å². The average Bonchev–Trinajstić information content (AvgIpc) is 3.05. The standard InChI is InChI=1S/C21H26F2N2O/c1-16-6-4-11-25(16)12-5-13-26-21-8-3-2-7-17(21)15-24-18-9-10-19(22)20(23)14-18/h2-3,7-10,14,16,24H,4-6,11-13,15H2,1H3. The lowest BCUT2D eigenvalue weighted by Crippen LogP contribution is -2.28. The Labute approximate surface area is 154 Å². The van der Waals surface area contributed by atoms with E-state index in [1.165, 1.54) is 25.5 Å². The molecule has 0 aromatic heterocycles. The Bertz CT molecular complexity index is 723. The number of ether oxygens (including phenoxy) is 1. The molecule has 5 heteroatoms. The molecule has 0 spiro atoms. The van der Waals surface area contributed by atoms with Crippen LogP contribution < -0.4 is 10.1 Å². The van der Waals surface area contributed by atoms with Gasteiger partial charge in [0.05, 0.1) is 6.61 Å². The number of nitrogens with one attached hydrogen (secondary N) is 1. The summed E-state index contributed by atoms with van der Waals surface area (Å²) >= 11 is 0. The van der Waals surface area contributed by atoms with Gasteiger partial charge in [0.2, 0.25) is 0 Å². The molecule has 1 N–H and O–H groups in total. The first-order chi connectivity index (χ1) is 12.6. The fraction of sp³-hybridized carbons (Fsp3) is 0.429. The second-order valence-corrected chi connectivity index (χ2v) is 6.82. The molecule has 1 atom stereocenters. The highest BCUT2D eigenvalue weighted by molar-refractivity contribution is 5.45. The van der Waals surface area contributed by atoms with Crippen molar-refractivity contribution in [2.75, 3.05) is 25.0 Å². The molecule has 3 rings (SSSR count). The molecule has 1 saturated heterocycles. The van der Waals surface area contributed by atoms with Crippen LogP contribution in [0.25, 0.3) is 0 Å². The first-order valence-corrected chi connectivity index (χ1v) is 9.27. The topological polar surface area (TPSA) is 24.5 Å². The van der Waals surface area contributed by atoms with E-state index in [4.69, 9.17) is 4.74 Å². The van der Waals surface area contributed by atoms with Crippen LogP contribution in [-0.2, 0) is 6.54 Å². The molecule has 1 aliphatic heterocycles. The van der Waals surface area contributed by atoms with E-state index in [2.05, 4.69) is 17.1 Å². The molecule has 0 radical (unpaired) electrons. The van der Waals surface area contributed by atoms with Gasteiger partial charge < -0.3 is 15.0 Å². The Morgan fingerprint density at radius 3 is 2.77 bits per heavy atom. The highest BCUT2D eigenvalue weighted by atomic mass is 19.2. The minimum Gasteiger partial charge on any atom is -0.493 e. The monoisotopic (exact) mass is 360 g/mol. The first kappa shape index (κ1) is 18.6. The van der Waals surface area contributed by atoms with Crippen LogP contribution in [0, 0.1) is 11.6 Å². The van der Waals surface area contributed by atoms with E-state index in [0.29, 0.717) is 24.9 Å². The van der Waals surface area contributed by atoms with E-state index >= 15 is 0 Å². The molecule has 1 unspecified atom stereocenters. The largest absolute Gasteiger partial charge is 0.493 e. The SMILES string of the molecule is CC1CCCN1CCCOc1ccccc1CNc1ccc(F)c(F)c1. The maximum absolute atomic E-state index is 13.3. The maximum atomic E-state index is 13.3. The van der Waals surface area contributed by atoms with E-state index in [1.54, 1.807) is 0 Å². The highest BCUT2D eigenvalue weighted by Gasteiger charge is 2.19. The van der Waals surface area contributed by atoms with Crippen molar-refractivity contribution in [1.29, 1.82) is 0 Å².